The molecule has 1 aliphatic carbocycles. The van der Waals surface area contributed by atoms with E-state index in [-0.39, 0.29) is 5.69 Å². The summed E-state index contributed by atoms with van der Waals surface area (Å²) < 4.78 is 41.9. The molecule has 0 aromatic heterocycles. The number of anilines is 2. The number of nitrogens with one attached hydrogen (secondary N) is 1. The van der Waals surface area contributed by atoms with Crippen molar-refractivity contribution in [2.24, 2.45) is 5.92 Å². The lowest BCUT2D eigenvalue weighted by molar-refractivity contribution is -0.0521. The van der Waals surface area contributed by atoms with E-state index in [1.165, 1.54) is 25.3 Å². The molecule has 0 heterocycles. The summed E-state index contributed by atoms with van der Waals surface area (Å²) in [4.78, 5) is 0. The Labute approximate surface area is 116 Å². The van der Waals surface area contributed by atoms with E-state index in [0.29, 0.717) is 18.2 Å². The van der Waals surface area contributed by atoms with Crippen molar-refractivity contribution in [1.82, 2.24) is 0 Å². The zero-order valence-corrected chi connectivity index (χ0v) is 11.2. The van der Waals surface area contributed by atoms with Crippen molar-refractivity contribution < 1.29 is 17.9 Å². The Morgan fingerprint density at radius 3 is 2.60 bits per heavy atom. The Balaban J connectivity index is 2.02. The molecule has 6 heteroatoms. The van der Waals surface area contributed by atoms with Gasteiger partial charge < -0.3 is 15.8 Å². The van der Waals surface area contributed by atoms with Gasteiger partial charge in [0.05, 0.1) is 11.4 Å². The molecule has 0 saturated heterocycles. The lowest BCUT2D eigenvalue weighted by Crippen LogP contribution is -2.18. The normalized spacial score (nSPS) is 16.4. The lowest BCUT2D eigenvalue weighted by Gasteiger charge is -2.23. The third-order valence-electron chi connectivity index (χ3n) is 3.63. The molecule has 3 nitrogen and oxygen atoms in total. The highest BCUT2D eigenvalue weighted by molar-refractivity contribution is 5.68. The Kier molecular flexibility index (Phi) is 4.98. The number of hydrogen-bond acceptors (Lipinski definition) is 3. The molecule has 0 aliphatic heterocycles. The zero-order valence-electron chi connectivity index (χ0n) is 11.2. The molecule has 3 N–H and O–H groups in total. The van der Waals surface area contributed by atoms with Gasteiger partial charge in [0.2, 0.25) is 0 Å². The molecule has 0 bridgehead atoms. The molecule has 2 rings (SSSR count). The average Bonchev–Trinajstić information content (AvgIpc) is 2.41. The number of rotatable bonds is 5. The van der Waals surface area contributed by atoms with Crippen LogP contribution in [0.2, 0.25) is 0 Å². The Bertz CT molecular complexity index is 448. The van der Waals surface area contributed by atoms with Gasteiger partial charge in [-0.15, -0.1) is 0 Å². The molecule has 1 fully saturated rings. The minimum atomic E-state index is -3.06. The lowest BCUT2D eigenvalue weighted by atomic mass is 9.89. The molecule has 112 valence electrons. The Morgan fingerprint density at radius 1 is 1.25 bits per heavy atom. The predicted molar refractivity (Wildman–Crippen MR) is 72.5 cm³/mol. The summed E-state index contributed by atoms with van der Waals surface area (Å²) in [6, 6.07) is 2.20. The van der Waals surface area contributed by atoms with Gasteiger partial charge >= 0.3 is 6.61 Å². The van der Waals surface area contributed by atoms with E-state index in [9.17, 15) is 13.2 Å². The highest BCUT2D eigenvalue weighted by Crippen LogP contribution is 2.30. The van der Waals surface area contributed by atoms with Crippen LogP contribution in [0.15, 0.2) is 12.1 Å². The fourth-order valence-electron chi connectivity index (χ4n) is 2.55. The van der Waals surface area contributed by atoms with Crippen molar-refractivity contribution in [2.75, 3.05) is 17.6 Å². The third kappa shape index (κ3) is 3.95. The van der Waals surface area contributed by atoms with Crippen molar-refractivity contribution in [3.05, 3.63) is 17.9 Å². The molecule has 1 aromatic carbocycles. The number of alkyl halides is 2. The highest BCUT2D eigenvalue weighted by atomic mass is 19.3. The van der Waals surface area contributed by atoms with Gasteiger partial charge in [0, 0.05) is 18.7 Å². The van der Waals surface area contributed by atoms with Gasteiger partial charge in [0.25, 0.3) is 0 Å². The number of nitrogen functional groups attached to an aromatic ring is 1. The van der Waals surface area contributed by atoms with E-state index in [4.69, 9.17) is 5.73 Å². The molecule has 1 aromatic rings. The second kappa shape index (κ2) is 6.72. The third-order valence-corrected chi connectivity index (χ3v) is 3.63. The van der Waals surface area contributed by atoms with Crippen LogP contribution in [0.3, 0.4) is 0 Å². The predicted octanol–water partition coefficient (Wildman–Crippen LogP) is 4.00. The quantitative estimate of drug-likeness (QED) is 0.805. The number of ether oxygens (including phenoxy) is 1. The van der Waals surface area contributed by atoms with E-state index < -0.39 is 18.2 Å². The maximum absolute atomic E-state index is 13.4. The summed E-state index contributed by atoms with van der Waals surface area (Å²) in [6.45, 7) is -2.34. The number of halogens is 3. The first-order chi connectivity index (χ1) is 9.56. The van der Waals surface area contributed by atoms with Gasteiger partial charge in [0.1, 0.15) is 0 Å². The number of hydrogen-bond donors (Lipinski definition) is 2. The fourth-order valence-corrected chi connectivity index (χ4v) is 2.55. The molecule has 1 aliphatic rings. The summed E-state index contributed by atoms with van der Waals surface area (Å²) in [6.07, 6.45) is 5.99. The van der Waals surface area contributed by atoms with Crippen LogP contribution < -0.4 is 15.8 Å². The van der Waals surface area contributed by atoms with Crippen molar-refractivity contribution in [1.29, 1.82) is 0 Å². The standard InChI is InChI=1S/C14H19F3N2O/c15-10-6-11(18)12(7-13(10)20-14(16)17)19-8-9-4-2-1-3-5-9/h6-7,9,14,19H,1-5,8,18H2. The molecular weight excluding hydrogens is 269 g/mol. The first-order valence-corrected chi connectivity index (χ1v) is 6.84. The van der Waals surface area contributed by atoms with Crippen molar-refractivity contribution >= 4 is 11.4 Å². The molecule has 0 radical (unpaired) electrons. The summed E-state index contributed by atoms with van der Waals surface area (Å²) >= 11 is 0. The van der Waals surface area contributed by atoms with Crippen LogP contribution >= 0.6 is 0 Å². The van der Waals surface area contributed by atoms with Crippen LogP contribution in [0.4, 0.5) is 24.5 Å². The van der Waals surface area contributed by atoms with Gasteiger partial charge in [-0.1, -0.05) is 19.3 Å². The molecule has 20 heavy (non-hydrogen) atoms. The second-order valence-corrected chi connectivity index (χ2v) is 5.13. The largest absolute Gasteiger partial charge is 0.432 e. The number of nitrogens with two attached hydrogens (primary N) is 1. The van der Waals surface area contributed by atoms with Crippen molar-refractivity contribution in [3.8, 4) is 5.75 Å². The van der Waals surface area contributed by atoms with E-state index in [0.717, 1.165) is 18.9 Å². The fraction of sp³-hybridized carbons (Fsp3) is 0.571. The smallest absolute Gasteiger partial charge is 0.387 e. The maximum atomic E-state index is 13.4. The van der Waals surface area contributed by atoms with Gasteiger partial charge in [-0.25, -0.2) is 4.39 Å². The van der Waals surface area contributed by atoms with Crippen molar-refractivity contribution in [2.45, 2.75) is 38.7 Å². The van der Waals surface area contributed by atoms with E-state index in [2.05, 4.69) is 10.1 Å². The molecular formula is C14H19F3N2O. The molecule has 0 amide bonds. The summed E-state index contributed by atoms with van der Waals surface area (Å²) in [5.41, 5.74) is 6.32. The van der Waals surface area contributed by atoms with Gasteiger partial charge in [-0.2, -0.15) is 8.78 Å². The van der Waals surface area contributed by atoms with Crippen LogP contribution in [-0.2, 0) is 0 Å². The molecule has 1 saturated carbocycles. The van der Waals surface area contributed by atoms with Crippen LogP contribution in [0, 0.1) is 11.7 Å². The van der Waals surface area contributed by atoms with Gasteiger partial charge in [0.15, 0.2) is 11.6 Å². The minimum absolute atomic E-state index is 0.194. The molecule has 0 unspecified atom stereocenters. The first kappa shape index (κ1) is 14.8. The molecule has 0 spiro atoms. The monoisotopic (exact) mass is 288 g/mol. The van der Waals surface area contributed by atoms with Crippen LogP contribution in [0.25, 0.3) is 0 Å². The summed E-state index contributed by atoms with van der Waals surface area (Å²) in [5, 5.41) is 3.11. The van der Waals surface area contributed by atoms with E-state index in [1.54, 1.807) is 0 Å². The highest BCUT2D eigenvalue weighted by Gasteiger charge is 2.16. The summed E-state index contributed by atoms with van der Waals surface area (Å²) in [7, 11) is 0. The zero-order chi connectivity index (χ0) is 14.5. The second-order valence-electron chi connectivity index (χ2n) is 5.13. The van der Waals surface area contributed by atoms with E-state index >= 15 is 0 Å². The van der Waals surface area contributed by atoms with Gasteiger partial charge in [-0.05, 0) is 18.8 Å². The van der Waals surface area contributed by atoms with Crippen LogP contribution in [0.5, 0.6) is 5.75 Å². The average molecular weight is 288 g/mol. The SMILES string of the molecule is Nc1cc(F)c(OC(F)F)cc1NCC1CCCCC1. The first-order valence-electron chi connectivity index (χ1n) is 6.84. The Morgan fingerprint density at radius 2 is 1.95 bits per heavy atom. The van der Waals surface area contributed by atoms with Gasteiger partial charge in [-0.3, -0.25) is 0 Å². The Hall–Kier alpha value is -1.59. The maximum Gasteiger partial charge on any atom is 0.387 e. The van der Waals surface area contributed by atoms with Crippen LogP contribution in [0.1, 0.15) is 32.1 Å². The van der Waals surface area contributed by atoms with Crippen molar-refractivity contribution in [3.63, 3.8) is 0 Å². The summed E-state index contributed by atoms with van der Waals surface area (Å²) in [5.74, 6) is -0.820. The van der Waals surface area contributed by atoms with E-state index in [1.807, 2.05) is 0 Å². The topological polar surface area (TPSA) is 47.3 Å². The molecule has 0 atom stereocenters. The minimum Gasteiger partial charge on any atom is -0.432 e. The number of benzene rings is 1. The van der Waals surface area contributed by atoms with Crippen LogP contribution in [-0.4, -0.2) is 13.2 Å².